The van der Waals surface area contributed by atoms with Crippen LogP contribution in [-0.2, 0) is 6.54 Å². The molecule has 0 aromatic heterocycles. The zero-order chi connectivity index (χ0) is 14.7. The van der Waals surface area contributed by atoms with Gasteiger partial charge in [0.1, 0.15) is 11.7 Å². The number of hydrogen-bond acceptors (Lipinski definition) is 3. The number of nitrogens with two attached hydrogens (primary N) is 1. The third-order valence-corrected chi connectivity index (χ3v) is 4.08. The lowest BCUT2D eigenvalue weighted by Gasteiger charge is -2.33. The molecular weight excluding hydrogens is 257 g/mol. The highest BCUT2D eigenvalue weighted by Crippen LogP contribution is 2.23. The summed E-state index contributed by atoms with van der Waals surface area (Å²) in [5.41, 5.74) is 6.11. The highest BCUT2D eigenvalue weighted by Gasteiger charge is 2.23. The van der Waals surface area contributed by atoms with Gasteiger partial charge in [-0.15, -0.1) is 0 Å². The fourth-order valence-electron chi connectivity index (χ4n) is 2.74. The number of aliphatic hydroxyl groups excluding tert-OH is 1. The Kier molecular flexibility index (Phi) is 4.73. The van der Waals surface area contributed by atoms with E-state index in [1.54, 1.807) is 12.1 Å². The predicted molar refractivity (Wildman–Crippen MR) is 77.1 cm³/mol. The molecule has 1 unspecified atom stereocenters. The molecular formula is C15H22FN3O. The summed E-state index contributed by atoms with van der Waals surface area (Å²) in [5.74, 6) is -0.283. The normalized spacial score (nSPS) is 18.9. The number of benzene rings is 1. The van der Waals surface area contributed by atoms with Gasteiger partial charge in [-0.3, -0.25) is 10.3 Å². The predicted octanol–water partition coefficient (Wildman–Crippen LogP) is 1.70. The molecule has 1 saturated heterocycles. The third kappa shape index (κ3) is 3.35. The summed E-state index contributed by atoms with van der Waals surface area (Å²) in [6.45, 7) is 4.08. The van der Waals surface area contributed by atoms with E-state index in [0.717, 1.165) is 25.9 Å². The van der Waals surface area contributed by atoms with Gasteiger partial charge < -0.3 is 10.8 Å². The summed E-state index contributed by atoms with van der Waals surface area (Å²) in [6, 6.07) is 5.00. The molecule has 1 fully saturated rings. The molecule has 1 aliphatic rings. The Balaban J connectivity index is 2.01. The monoisotopic (exact) mass is 279 g/mol. The van der Waals surface area contributed by atoms with Crippen LogP contribution in [0.25, 0.3) is 0 Å². The summed E-state index contributed by atoms with van der Waals surface area (Å²) in [7, 11) is 0. The molecule has 4 nitrogen and oxygen atoms in total. The van der Waals surface area contributed by atoms with E-state index in [2.05, 4.69) is 4.90 Å². The van der Waals surface area contributed by atoms with Gasteiger partial charge in [0.05, 0.1) is 11.7 Å². The summed E-state index contributed by atoms with van der Waals surface area (Å²) < 4.78 is 14.2. The van der Waals surface area contributed by atoms with Crippen molar-refractivity contribution in [2.24, 2.45) is 11.7 Å². The highest BCUT2D eigenvalue weighted by atomic mass is 19.1. The van der Waals surface area contributed by atoms with Gasteiger partial charge in [-0.1, -0.05) is 12.1 Å². The molecule has 1 aliphatic heterocycles. The van der Waals surface area contributed by atoms with Crippen LogP contribution < -0.4 is 5.73 Å². The molecule has 2 rings (SSSR count). The Morgan fingerprint density at radius 1 is 1.50 bits per heavy atom. The first-order valence-corrected chi connectivity index (χ1v) is 7.01. The topological polar surface area (TPSA) is 73.3 Å². The summed E-state index contributed by atoms with van der Waals surface area (Å²) in [4.78, 5) is 2.18. The van der Waals surface area contributed by atoms with Crippen molar-refractivity contribution in [1.82, 2.24) is 4.90 Å². The minimum Gasteiger partial charge on any atom is -0.393 e. The summed E-state index contributed by atoms with van der Waals surface area (Å²) in [6.07, 6.45) is 1.60. The molecule has 0 aliphatic carbocycles. The van der Waals surface area contributed by atoms with Gasteiger partial charge >= 0.3 is 0 Å². The number of amidine groups is 1. The van der Waals surface area contributed by atoms with Crippen molar-refractivity contribution in [3.63, 3.8) is 0 Å². The van der Waals surface area contributed by atoms with E-state index in [0.29, 0.717) is 18.0 Å². The molecule has 0 bridgehead atoms. The number of rotatable bonds is 4. The van der Waals surface area contributed by atoms with Gasteiger partial charge in [0.2, 0.25) is 0 Å². The molecule has 1 heterocycles. The molecule has 0 saturated carbocycles. The zero-order valence-electron chi connectivity index (χ0n) is 11.8. The lowest BCUT2D eigenvalue weighted by Crippen LogP contribution is -2.36. The average molecular weight is 279 g/mol. The standard InChI is InChI=1S/C15H22FN3O/c1-10(20)11-5-7-19(8-6-11)9-12-3-2-4-13(14(12)16)15(17)18/h2-4,10-11,20H,5-9H2,1H3,(H3,17,18). The fraction of sp³-hybridized carbons (Fsp3) is 0.533. The van der Waals surface area contributed by atoms with Crippen LogP contribution >= 0.6 is 0 Å². The SMILES string of the molecule is CC(O)C1CCN(Cc2cccc(C(=N)N)c2F)CC1. The minimum absolute atomic E-state index is 0.168. The molecule has 1 atom stereocenters. The van der Waals surface area contributed by atoms with Crippen LogP contribution in [0.4, 0.5) is 4.39 Å². The van der Waals surface area contributed by atoms with Gasteiger partial charge in [-0.25, -0.2) is 4.39 Å². The molecule has 110 valence electrons. The maximum absolute atomic E-state index is 14.2. The lowest BCUT2D eigenvalue weighted by atomic mass is 9.92. The van der Waals surface area contributed by atoms with Crippen LogP contribution in [0, 0.1) is 17.1 Å². The molecule has 20 heavy (non-hydrogen) atoms. The highest BCUT2D eigenvalue weighted by molar-refractivity contribution is 5.95. The van der Waals surface area contributed by atoms with E-state index in [9.17, 15) is 9.50 Å². The number of aliphatic hydroxyl groups is 1. The first-order chi connectivity index (χ1) is 9.49. The fourth-order valence-corrected chi connectivity index (χ4v) is 2.74. The van der Waals surface area contributed by atoms with Gasteiger partial charge in [0.25, 0.3) is 0 Å². The van der Waals surface area contributed by atoms with Gasteiger partial charge in [-0.05, 0) is 44.8 Å². The maximum atomic E-state index is 14.2. The second-order valence-corrected chi connectivity index (χ2v) is 5.55. The zero-order valence-corrected chi connectivity index (χ0v) is 11.8. The Bertz CT molecular complexity index is 482. The quantitative estimate of drug-likeness (QED) is 0.580. The van der Waals surface area contributed by atoms with Crippen LogP contribution in [-0.4, -0.2) is 35.0 Å². The van der Waals surface area contributed by atoms with Crippen LogP contribution in [0.2, 0.25) is 0 Å². The van der Waals surface area contributed by atoms with Gasteiger partial charge in [-0.2, -0.15) is 0 Å². The number of piperidine rings is 1. The number of halogens is 1. The van der Waals surface area contributed by atoms with Crippen LogP contribution in [0.3, 0.4) is 0 Å². The molecule has 1 aromatic carbocycles. The van der Waals surface area contributed by atoms with E-state index in [4.69, 9.17) is 11.1 Å². The van der Waals surface area contributed by atoms with E-state index >= 15 is 0 Å². The Morgan fingerprint density at radius 2 is 2.15 bits per heavy atom. The maximum Gasteiger partial charge on any atom is 0.138 e. The Hall–Kier alpha value is -1.46. The molecule has 0 spiro atoms. The number of nitrogen functional groups attached to an aromatic ring is 1. The lowest BCUT2D eigenvalue weighted by molar-refractivity contribution is 0.0692. The molecule has 0 amide bonds. The van der Waals surface area contributed by atoms with Crippen molar-refractivity contribution in [3.05, 3.63) is 35.1 Å². The van der Waals surface area contributed by atoms with E-state index in [-0.39, 0.29) is 17.5 Å². The van der Waals surface area contributed by atoms with Crippen molar-refractivity contribution >= 4 is 5.84 Å². The molecule has 4 N–H and O–H groups in total. The van der Waals surface area contributed by atoms with Crippen molar-refractivity contribution < 1.29 is 9.50 Å². The molecule has 0 radical (unpaired) electrons. The third-order valence-electron chi connectivity index (χ3n) is 4.08. The second-order valence-electron chi connectivity index (χ2n) is 5.55. The molecule has 5 heteroatoms. The first-order valence-electron chi connectivity index (χ1n) is 7.01. The average Bonchev–Trinajstić information content (AvgIpc) is 2.41. The van der Waals surface area contributed by atoms with Crippen molar-refractivity contribution in [2.45, 2.75) is 32.4 Å². The van der Waals surface area contributed by atoms with Gasteiger partial charge in [0, 0.05) is 12.1 Å². The summed E-state index contributed by atoms with van der Waals surface area (Å²) in [5, 5.41) is 16.9. The smallest absolute Gasteiger partial charge is 0.138 e. The minimum atomic E-state index is -0.391. The van der Waals surface area contributed by atoms with Crippen LogP contribution in [0.1, 0.15) is 30.9 Å². The van der Waals surface area contributed by atoms with Gasteiger partial charge in [0.15, 0.2) is 0 Å². The first kappa shape index (κ1) is 14.9. The number of likely N-dealkylation sites (tertiary alicyclic amines) is 1. The molecule has 1 aromatic rings. The second kappa shape index (κ2) is 6.33. The van der Waals surface area contributed by atoms with Crippen molar-refractivity contribution in [1.29, 1.82) is 5.41 Å². The summed E-state index contributed by atoms with van der Waals surface area (Å²) >= 11 is 0. The van der Waals surface area contributed by atoms with E-state index < -0.39 is 5.82 Å². The Morgan fingerprint density at radius 3 is 2.70 bits per heavy atom. The van der Waals surface area contributed by atoms with Crippen LogP contribution in [0.15, 0.2) is 18.2 Å². The number of nitrogens with zero attached hydrogens (tertiary/aromatic N) is 1. The van der Waals surface area contributed by atoms with E-state index in [1.165, 1.54) is 6.07 Å². The largest absolute Gasteiger partial charge is 0.393 e. The number of hydrogen-bond donors (Lipinski definition) is 3. The van der Waals surface area contributed by atoms with Crippen molar-refractivity contribution in [3.8, 4) is 0 Å². The van der Waals surface area contributed by atoms with Crippen molar-refractivity contribution in [2.75, 3.05) is 13.1 Å². The van der Waals surface area contributed by atoms with Crippen LogP contribution in [0.5, 0.6) is 0 Å². The Labute approximate surface area is 118 Å². The number of nitrogens with one attached hydrogen (secondary N) is 1. The van der Waals surface area contributed by atoms with E-state index in [1.807, 2.05) is 6.92 Å².